The third-order valence-corrected chi connectivity index (χ3v) is 3.62. The lowest BCUT2D eigenvalue weighted by molar-refractivity contribution is -0.155. The summed E-state index contributed by atoms with van der Waals surface area (Å²) in [4.78, 5) is 35.0. The van der Waals surface area contributed by atoms with E-state index in [0.717, 1.165) is 0 Å². The van der Waals surface area contributed by atoms with Crippen molar-refractivity contribution in [2.24, 2.45) is 0 Å². The normalized spacial score (nSPS) is 11.3. The SMILES string of the molecule is CC(=O)c1ccc(OCC(=O)O[C@@H](C)C(=O)Nc2cccc(Cl)c2)cc1. The molecule has 0 aromatic heterocycles. The van der Waals surface area contributed by atoms with Gasteiger partial charge in [0.2, 0.25) is 0 Å². The Kier molecular flexibility index (Phi) is 6.74. The first-order valence-electron chi connectivity index (χ1n) is 7.85. The molecule has 0 aliphatic rings. The maximum Gasteiger partial charge on any atom is 0.344 e. The molecule has 0 saturated heterocycles. The average molecular weight is 376 g/mol. The predicted octanol–water partition coefficient (Wildman–Crippen LogP) is 3.49. The van der Waals surface area contributed by atoms with Gasteiger partial charge in [-0.3, -0.25) is 9.59 Å². The summed E-state index contributed by atoms with van der Waals surface area (Å²) in [6.45, 7) is 2.57. The van der Waals surface area contributed by atoms with E-state index in [1.807, 2.05) is 0 Å². The summed E-state index contributed by atoms with van der Waals surface area (Å²) in [7, 11) is 0. The summed E-state index contributed by atoms with van der Waals surface area (Å²) in [5.74, 6) is -0.806. The Balaban J connectivity index is 1.80. The highest BCUT2D eigenvalue weighted by molar-refractivity contribution is 6.30. The summed E-state index contributed by atoms with van der Waals surface area (Å²) >= 11 is 5.85. The monoisotopic (exact) mass is 375 g/mol. The van der Waals surface area contributed by atoms with Gasteiger partial charge in [0.1, 0.15) is 5.75 Å². The highest BCUT2D eigenvalue weighted by Crippen LogP contribution is 2.15. The lowest BCUT2D eigenvalue weighted by Gasteiger charge is -2.14. The molecule has 1 amide bonds. The number of anilines is 1. The number of benzene rings is 2. The number of carbonyl (C=O) groups excluding carboxylic acids is 3. The van der Waals surface area contributed by atoms with Crippen LogP contribution in [0.25, 0.3) is 0 Å². The van der Waals surface area contributed by atoms with Crippen molar-refractivity contribution in [1.82, 2.24) is 0 Å². The molecular weight excluding hydrogens is 358 g/mol. The van der Waals surface area contributed by atoms with Gasteiger partial charge in [-0.05, 0) is 56.3 Å². The maximum absolute atomic E-state index is 12.0. The molecule has 2 rings (SSSR count). The molecule has 2 aromatic carbocycles. The number of carbonyl (C=O) groups is 3. The second kappa shape index (κ2) is 9.01. The second-order valence-electron chi connectivity index (χ2n) is 5.50. The fourth-order valence-electron chi connectivity index (χ4n) is 2.02. The van der Waals surface area contributed by atoms with Gasteiger partial charge in [0.15, 0.2) is 18.5 Å². The Morgan fingerprint density at radius 2 is 1.81 bits per heavy atom. The fraction of sp³-hybridized carbons (Fsp3) is 0.211. The Morgan fingerprint density at radius 1 is 1.12 bits per heavy atom. The summed E-state index contributed by atoms with van der Waals surface area (Å²) in [5, 5.41) is 3.09. The molecule has 1 atom stereocenters. The summed E-state index contributed by atoms with van der Waals surface area (Å²) in [5.41, 5.74) is 1.05. The molecule has 26 heavy (non-hydrogen) atoms. The van der Waals surface area contributed by atoms with Crippen LogP contribution in [-0.2, 0) is 14.3 Å². The number of ether oxygens (including phenoxy) is 2. The van der Waals surface area contributed by atoms with E-state index in [0.29, 0.717) is 22.0 Å². The topological polar surface area (TPSA) is 81.7 Å². The van der Waals surface area contributed by atoms with Gasteiger partial charge < -0.3 is 14.8 Å². The minimum Gasteiger partial charge on any atom is -0.482 e. The molecule has 0 radical (unpaired) electrons. The van der Waals surface area contributed by atoms with Crippen LogP contribution in [0.2, 0.25) is 5.02 Å². The number of Topliss-reactive ketones (excluding diaryl/α,β-unsaturated/α-hetero) is 1. The van der Waals surface area contributed by atoms with E-state index in [4.69, 9.17) is 21.1 Å². The van der Waals surface area contributed by atoms with Gasteiger partial charge in [-0.25, -0.2) is 4.79 Å². The molecule has 1 N–H and O–H groups in total. The van der Waals surface area contributed by atoms with E-state index in [1.54, 1.807) is 48.5 Å². The van der Waals surface area contributed by atoms with Crippen LogP contribution in [0, 0.1) is 0 Å². The zero-order valence-electron chi connectivity index (χ0n) is 14.3. The minimum absolute atomic E-state index is 0.0597. The lowest BCUT2D eigenvalue weighted by Crippen LogP contribution is -2.31. The van der Waals surface area contributed by atoms with Crippen molar-refractivity contribution < 1.29 is 23.9 Å². The molecule has 0 bridgehead atoms. The molecule has 6 nitrogen and oxygen atoms in total. The second-order valence-corrected chi connectivity index (χ2v) is 5.94. The van der Waals surface area contributed by atoms with Crippen LogP contribution in [0.5, 0.6) is 5.75 Å². The van der Waals surface area contributed by atoms with E-state index < -0.39 is 18.0 Å². The molecule has 0 fully saturated rings. The number of nitrogens with one attached hydrogen (secondary N) is 1. The Bertz CT molecular complexity index is 804. The summed E-state index contributed by atoms with van der Waals surface area (Å²) in [6, 6.07) is 13.0. The van der Waals surface area contributed by atoms with Crippen LogP contribution in [0.3, 0.4) is 0 Å². The van der Waals surface area contributed by atoms with Crippen LogP contribution in [0.1, 0.15) is 24.2 Å². The first-order valence-corrected chi connectivity index (χ1v) is 8.22. The van der Waals surface area contributed by atoms with E-state index >= 15 is 0 Å². The Hall–Kier alpha value is -2.86. The zero-order valence-corrected chi connectivity index (χ0v) is 15.1. The Labute approximate surface area is 156 Å². The largest absolute Gasteiger partial charge is 0.482 e. The van der Waals surface area contributed by atoms with Crippen molar-refractivity contribution in [2.45, 2.75) is 20.0 Å². The number of hydrogen-bond acceptors (Lipinski definition) is 5. The molecule has 7 heteroatoms. The Morgan fingerprint density at radius 3 is 2.42 bits per heavy atom. The van der Waals surface area contributed by atoms with E-state index in [2.05, 4.69) is 5.32 Å². The van der Waals surface area contributed by atoms with Gasteiger partial charge in [-0.1, -0.05) is 17.7 Å². The first-order chi connectivity index (χ1) is 12.3. The van der Waals surface area contributed by atoms with Crippen LogP contribution >= 0.6 is 11.6 Å². The summed E-state index contributed by atoms with van der Waals surface area (Å²) < 4.78 is 10.3. The molecular formula is C19H18ClNO5. The summed E-state index contributed by atoms with van der Waals surface area (Å²) in [6.07, 6.45) is -0.995. The highest BCUT2D eigenvalue weighted by Gasteiger charge is 2.18. The molecule has 2 aromatic rings. The van der Waals surface area contributed by atoms with Crippen molar-refractivity contribution in [2.75, 3.05) is 11.9 Å². The zero-order chi connectivity index (χ0) is 19.1. The maximum atomic E-state index is 12.0. The average Bonchev–Trinajstić information content (AvgIpc) is 2.60. The number of halogens is 1. The number of hydrogen-bond donors (Lipinski definition) is 1. The molecule has 0 saturated carbocycles. The first kappa shape index (κ1) is 19.5. The van der Waals surface area contributed by atoms with Gasteiger partial charge in [-0.15, -0.1) is 0 Å². The molecule has 0 unspecified atom stereocenters. The van der Waals surface area contributed by atoms with Gasteiger partial charge in [0.25, 0.3) is 5.91 Å². The van der Waals surface area contributed by atoms with Gasteiger partial charge in [0, 0.05) is 16.3 Å². The quantitative estimate of drug-likeness (QED) is 0.591. The molecule has 0 aliphatic heterocycles. The van der Waals surface area contributed by atoms with Crippen LogP contribution < -0.4 is 10.1 Å². The van der Waals surface area contributed by atoms with Crippen LogP contribution in [0.4, 0.5) is 5.69 Å². The number of rotatable bonds is 7. The van der Waals surface area contributed by atoms with Crippen molar-refractivity contribution >= 4 is 34.9 Å². The number of esters is 1. The third kappa shape index (κ3) is 5.89. The molecule has 0 aliphatic carbocycles. The lowest BCUT2D eigenvalue weighted by atomic mass is 10.1. The van der Waals surface area contributed by atoms with Crippen molar-refractivity contribution in [3.63, 3.8) is 0 Å². The van der Waals surface area contributed by atoms with Gasteiger partial charge in [0.05, 0.1) is 0 Å². The van der Waals surface area contributed by atoms with Gasteiger partial charge >= 0.3 is 5.97 Å². The van der Waals surface area contributed by atoms with E-state index in [9.17, 15) is 14.4 Å². The standard InChI is InChI=1S/C19H18ClNO5/c1-12(22)14-6-8-17(9-7-14)25-11-18(23)26-13(2)19(24)21-16-5-3-4-15(20)10-16/h3-10,13H,11H2,1-2H3,(H,21,24)/t13-/m0/s1. The van der Waals surface area contributed by atoms with Crippen molar-refractivity contribution in [1.29, 1.82) is 0 Å². The van der Waals surface area contributed by atoms with Crippen LogP contribution in [-0.4, -0.2) is 30.4 Å². The van der Waals surface area contributed by atoms with E-state index in [1.165, 1.54) is 13.8 Å². The number of amides is 1. The molecule has 0 heterocycles. The smallest absolute Gasteiger partial charge is 0.344 e. The third-order valence-electron chi connectivity index (χ3n) is 3.39. The predicted molar refractivity (Wildman–Crippen MR) is 97.6 cm³/mol. The molecule has 0 spiro atoms. The highest BCUT2D eigenvalue weighted by atomic mass is 35.5. The minimum atomic E-state index is -0.995. The number of ketones is 1. The molecule has 136 valence electrons. The van der Waals surface area contributed by atoms with Crippen LogP contribution in [0.15, 0.2) is 48.5 Å². The van der Waals surface area contributed by atoms with Gasteiger partial charge in [-0.2, -0.15) is 0 Å². The van der Waals surface area contributed by atoms with E-state index in [-0.39, 0.29) is 12.4 Å². The van der Waals surface area contributed by atoms with Crippen molar-refractivity contribution in [3.05, 3.63) is 59.1 Å². The van der Waals surface area contributed by atoms with Crippen molar-refractivity contribution in [3.8, 4) is 5.75 Å². The fourth-order valence-corrected chi connectivity index (χ4v) is 2.21.